The SMILES string of the molecule is Cc1c(CC(=O)NC[C@@H]2CCCN3CCCC[C@@H]23)c(=O)oc2cc3occ(-c4ccc(F)cc4)c3cc12. The van der Waals surface area contributed by atoms with Crippen molar-refractivity contribution in [3.8, 4) is 11.1 Å². The van der Waals surface area contributed by atoms with Crippen molar-refractivity contribution < 1.29 is 18.0 Å². The molecule has 1 N–H and O–H groups in total. The van der Waals surface area contributed by atoms with Crippen LogP contribution < -0.4 is 10.9 Å². The number of furan rings is 1. The number of piperidine rings is 2. The van der Waals surface area contributed by atoms with Crippen LogP contribution >= 0.6 is 0 Å². The molecule has 4 heterocycles. The molecule has 2 aliphatic heterocycles. The van der Waals surface area contributed by atoms with E-state index in [1.54, 1.807) is 24.5 Å². The smallest absolute Gasteiger partial charge is 0.340 e. The molecule has 2 fully saturated rings. The van der Waals surface area contributed by atoms with Crippen molar-refractivity contribution in [1.29, 1.82) is 0 Å². The zero-order chi connectivity index (χ0) is 25.5. The second-order valence-electron chi connectivity index (χ2n) is 10.5. The van der Waals surface area contributed by atoms with Gasteiger partial charge in [0.15, 0.2) is 0 Å². The summed E-state index contributed by atoms with van der Waals surface area (Å²) < 4.78 is 24.8. The summed E-state index contributed by atoms with van der Waals surface area (Å²) in [6.45, 7) is 4.83. The topological polar surface area (TPSA) is 75.7 Å². The predicted octanol–water partition coefficient (Wildman–Crippen LogP) is 5.58. The molecule has 0 aliphatic carbocycles. The van der Waals surface area contributed by atoms with Crippen LogP contribution in [0.2, 0.25) is 0 Å². The Morgan fingerprint density at radius 1 is 1.05 bits per heavy atom. The first kappa shape index (κ1) is 23.9. The highest BCUT2D eigenvalue weighted by molar-refractivity contribution is 6.02. The van der Waals surface area contributed by atoms with E-state index in [0.29, 0.717) is 35.2 Å². The Kier molecular flexibility index (Phi) is 6.32. The number of hydrogen-bond acceptors (Lipinski definition) is 5. The number of benzene rings is 2. The van der Waals surface area contributed by atoms with Gasteiger partial charge in [0.25, 0.3) is 0 Å². The van der Waals surface area contributed by atoms with Crippen LogP contribution in [0.3, 0.4) is 0 Å². The van der Waals surface area contributed by atoms with Gasteiger partial charge in [-0.15, -0.1) is 0 Å². The Hall–Kier alpha value is -3.45. The summed E-state index contributed by atoms with van der Waals surface area (Å²) in [5.41, 5.74) is 3.24. The molecular formula is C30H31FN2O4. The fourth-order valence-corrected chi connectivity index (χ4v) is 6.25. The highest BCUT2D eigenvalue weighted by atomic mass is 19.1. The zero-order valence-electron chi connectivity index (χ0n) is 21.0. The largest absolute Gasteiger partial charge is 0.464 e. The number of carbonyl (C=O) groups excluding carboxylic acids is 1. The van der Waals surface area contributed by atoms with Crippen LogP contribution in [0.25, 0.3) is 33.1 Å². The summed E-state index contributed by atoms with van der Waals surface area (Å²) in [6, 6.07) is 10.4. The number of carbonyl (C=O) groups is 1. The number of amides is 1. The predicted molar refractivity (Wildman–Crippen MR) is 141 cm³/mol. The van der Waals surface area contributed by atoms with Crippen molar-refractivity contribution in [2.75, 3.05) is 19.6 Å². The first-order valence-electron chi connectivity index (χ1n) is 13.2. The van der Waals surface area contributed by atoms with Crippen molar-refractivity contribution >= 4 is 27.8 Å². The van der Waals surface area contributed by atoms with Gasteiger partial charge in [0, 0.05) is 35.0 Å². The maximum atomic E-state index is 13.4. The monoisotopic (exact) mass is 502 g/mol. The molecule has 1 amide bonds. The Labute approximate surface area is 214 Å². The highest BCUT2D eigenvalue weighted by Gasteiger charge is 2.33. The molecule has 0 bridgehead atoms. The van der Waals surface area contributed by atoms with Crippen LogP contribution in [0.15, 0.2) is 56.3 Å². The van der Waals surface area contributed by atoms with Crippen LogP contribution in [-0.2, 0) is 11.2 Å². The summed E-state index contributed by atoms with van der Waals surface area (Å²) in [5.74, 6) is 0.00697. The zero-order valence-corrected chi connectivity index (χ0v) is 21.0. The molecule has 2 aliphatic rings. The van der Waals surface area contributed by atoms with Gasteiger partial charge < -0.3 is 19.1 Å². The third-order valence-corrected chi connectivity index (χ3v) is 8.26. The lowest BCUT2D eigenvalue weighted by atomic mass is 9.83. The standard InChI is InChI=1S/C30H31FN2O4/c1-18-22-13-24-25(19-7-9-21(31)10-8-19)17-36-27(24)15-28(22)37-30(35)23(18)14-29(34)32-16-20-5-4-12-33-11-3-2-6-26(20)33/h7-10,13,15,17,20,26H,2-6,11-12,14,16H2,1H3,(H,32,34)/t20-,26-/m0/s1. The molecule has 2 atom stereocenters. The minimum absolute atomic E-state index is 0.0144. The van der Waals surface area contributed by atoms with Crippen molar-refractivity contribution in [3.63, 3.8) is 0 Å². The second-order valence-corrected chi connectivity index (χ2v) is 10.5. The van der Waals surface area contributed by atoms with E-state index >= 15 is 0 Å². The van der Waals surface area contributed by atoms with E-state index in [9.17, 15) is 14.0 Å². The normalized spacial score (nSPS) is 20.3. The Balaban J connectivity index is 1.25. The van der Waals surface area contributed by atoms with E-state index < -0.39 is 5.63 Å². The Morgan fingerprint density at radius 2 is 1.86 bits per heavy atom. The van der Waals surface area contributed by atoms with E-state index in [-0.39, 0.29) is 18.1 Å². The fraction of sp³-hybridized carbons (Fsp3) is 0.400. The summed E-state index contributed by atoms with van der Waals surface area (Å²) >= 11 is 0. The van der Waals surface area contributed by atoms with Gasteiger partial charge in [-0.3, -0.25) is 4.79 Å². The lowest BCUT2D eigenvalue weighted by Gasteiger charge is -2.44. The molecule has 2 aromatic heterocycles. The number of aryl methyl sites for hydroxylation is 1. The van der Waals surface area contributed by atoms with Crippen LogP contribution in [-0.4, -0.2) is 36.5 Å². The quantitative estimate of drug-likeness (QED) is 0.361. The lowest BCUT2D eigenvalue weighted by Crippen LogP contribution is -2.51. The molecule has 7 heteroatoms. The molecule has 6 rings (SSSR count). The number of rotatable bonds is 5. The molecule has 0 spiro atoms. The number of nitrogens with one attached hydrogen (secondary N) is 1. The summed E-state index contributed by atoms with van der Waals surface area (Å²) in [4.78, 5) is 28.4. The average Bonchev–Trinajstić information content (AvgIpc) is 3.32. The van der Waals surface area contributed by atoms with Crippen LogP contribution in [0.4, 0.5) is 4.39 Å². The van der Waals surface area contributed by atoms with E-state index in [0.717, 1.165) is 33.9 Å². The van der Waals surface area contributed by atoms with E-state index in [2.05, 4.69) is 10.2 Å². The summed E-state index contributed by atoms with van der Waals surface area (Å²) in [7, 11) is 0. The third-order valence-electron chi connectivity index (χ3n) is 8.26. The molecule has 37 heavy (non-hydrogen) atoms. The van der Waals surface area contributed by atoms with Crippen molar-refractivity contribution in [2.45, 2.75) is 51.5 Å². The fourth-order valence-electron chi connectivity index (χ4n) is 6.25. The van der Waals surface area contributed by atoms with Crippen LogP contribution in [0.5, 0.6) is 0 Å². The summed E-state index contributed by atoms with van der Waals surface area (Å²) in [5, 5.41) is 4.69. The first-order valence-corrected chi connectivity index (χ1v) is 13.2. The Morgan fingerprint density at radius 3 is 2.70 bits per heavy atom. The molecular weight excluding hydrogens is 471 g/mol. The summed E-state index contributed by atoms with van der Waals surface area (Å²) in [6.07, 6.45) is 7.65. The number of hydrogen-bond donors (Lipinski definition) is 1. The van der Waals surface area contributed by atoms with Gasteiger partial charge in [-0.2, -0.15) is 0 Å². The van der Waals surface area contributed by atoms with Gasteiger partial charge in [-0.1, -0.05) is 18.6 Å². The van der Waals surface area contributed by atoms with Gasteiger partial charge in [0.05, 0.1) is 18.2 Å². The minimum Gasteiger partial charge on any atom is -0.464 e. The van der Waals surface area contributed by atoms with E-state index in [1.165, 1.54) is 50.9 Å². The van der Waals surface area contributed by atoms with Gasteiger partial charge in [0.1, 0.15) is 17.0 Å². The molecule has 4 aromatic rings. The maximum absolute atomic E-state index is 13.4. The lowest BCUT2D eigenvalue weighted by molar-refractivity contribution is -0.120. The van der Waals surface area contributed by atoms with Crippen LogP contribution in [0, 0.1) is 18.7 Å². The molecule has 192 valence electrons. The van der Waals surface area contributed by atoms with Gasteiger partial charge in [-0.25, -0.2) is 9.18 Å². The molecule has 6 nitrogen and oxygen atoms in total. The first-order chi connectivity index (χ1) is 18.0. The molecule has 2 aromatic carbocycles. The van der Waals surface area contributed by atoms with E-state index in [4.69, 9.17) is 8.83 Å². The minimum atomic E-state index is -0.499. The van der Waals surface area contributed by atoms with Gasteiger partial charge in [-0.05, 0) is 80.9 Å². The van der Waals surface area contributed by atoms with E-state index in [1.807, 2.05) is 13.0 Å². The third kappa shape index (κ3) is 4.57. The van der Waals surface area contributed by atoms with Gasteiger partial charge in [0.2, 0.25) is 5.91 Å². The van der Waals surface area contributed by atoms with Crippen molar-refractivity contribution in [3.05, 3.63) is 70.0 Å². The molecule has 2 saturated heterocycles. The van der Waals surface area contributed by atoms with Crippen LogP contribution in [0.1, 0.15) is 43.2 Å². The second kappa shape index (κ2) is 9.78. The molecule has 0 radical (unpaired) electrons. The number of halogens is 1. The number of fused-ring (bicyclic) bond motifs is 3. The average molecular weight is 503 g/mol. The highest BCUT2D eigenvalue weighted by Crippen LogP contribution is 2.35. The molecule has 0 saturated carbocycles. The van der Waals surface area contributed by atoms with Gasteiger partial charge >= 0.3 is 5.63 Å². The molecule has 0 unspecified atom stereocenters. The van der Waals surface area contributed by atoms with Crippen molar-refractivity contribution in [1.82, 2.24) is 10.2 Å². The maximum Gasteiger partial charge on any atom is 0.340 e. The number of nitrogens with zero attached hydrogens (tertiary/aromatic N) is 1. The van der Waals surface area contributed by atoms with Crippen molar-refractivity contribution in [2.24, 2.45) is 5.92 Å². The Bertz CT molecular complexity index is 1520.